The van der Waals surface area contributed by atoms with Crippen molar-refractivity contribution in [2.75, 3.05) is 0 Å². The molecule has 0 fully saturated rings. The number of nitrogens with one attached hydrogen (secondary N) is 1. The SMILES string of the molecule is CCCC(NSC(C)(C)C)c1ccc(F)cc1. The summed E-state index contributed by atoms with van der Waals surface area (Å²) in [7, 11) is 0. The maximum absolute atomic E-state index is 12.9. The molecule has 3 heteroatoms. The first-order valence-electron chi connectivity index (χ1n) is 6.11. The third-order valence-electron chi connectivity index (χ3n) is 2.36. The van der Waals surface area contributed by atoms with Gasteiger partial charge in [0.15, 0.2) is 0 Å². The van der Waals surface area contributed by atoms with E-state index in [2.05, 4.69) is 32.4 Å². The number of hydrogen-bond acceptors (Lipinski definition) is 2. The molecule has 1 nitrogen and oxygen atoms in total. The molecule has 1 atom stereocenters. The molecule has 0 aliphatic carbocycles. The van der Waals surface area contributed by atoms with Crippen molar-refractivity contribution in [1.29, 1.82) is 0 Å². The van der Waals surface area contributed by atoms with Crippen LogP contribution in [0.5, 0.6) is 0 Å². The lowest BCUT2D eigenvalue weighted by molar-refractivity contribution is 0.590. The lowest BCUT2D eigenvalue weighted by Crippen LogP contribution is -2.21. The molecule has 0 amide bonds. The topological polar surface area (TPSA) is 12.0 Å². The van der Waals surface area contributed by atoms with Crippen LogP contribution in [-0.2, 0) is 0 Å². The monoisotopic (exact) mass is 255 g/mol. The highest BCUT2D eigenvalue weighted by molar-refractivity contribution is 7.98. The molecule has 0 saturated carbocycles. The lowest BCUT2D eigenvalue weighted by atomic mass is 10.0. The van der Waals surface area contributed by atoms with E-state index in [9.17, 15) is 4.39 Å². The summed E-state index contributed by atoms with van der Waals surface area (Å²) in [6, 6.07) is 7.09. The van der Waals surface area contributed by atoms with Crippen molar-refractivity contribution in [2.24, 2.45) is 0 Å². The van der Waals surface area contributed by atoms with Crippen molar-refractivity contribution in [3.63, 3.8) is 0 Å². The molecule has 1 aromatic rings. The molecule has 0 aromatic heterocycles. The first-order chi connectivity index (χ1) is 7.92. The molecule has 1 unspecified atom stereocenters. The van der Waals surface area contributed by atoms with Gasteiger partial charge in [-0.1, -0.05) is 37.4 Å². The highest BCUT2D eigenvalue weighted by Crippen LogP contribution is 2.27. The van der Waals surface area contributed by atoms with Crippen LogP contribution in [-0.4, -0.2) is 4.75 Å². The molecule has 17 heavy (non-hydrogen) atoms. The Labute approximate surface area is 108 Å². The van der Waals surface area contributed by atoms with E-state index in [1.165, 1.54) is 12.1 Å². The van der Waals surface area contributed by atoms with Gasteiger partial charge in [0.25, 0.3) is 0 Å². The van der Waals surface area contributed by atoms with E-state index in [-0.39, 0.29) is 10.6 Å². The van der Waals surface area contributed by atoms with Crippen LogP contribution in [0.2, 0.25) is 0 Å². The highest BCUT2D eigenvalue weighted by atomic mass is 32.2. The second kappa shape index (κ2) is 6.41. The minimum Gasteiger partial charge on any atom is -0.256 e. The van der Waals surface area contributed by atoms with Gasteiger partial charge in [-0.15, -0.1) is 0 Å². The maximum atomic E-state index is 12.9. The van der Waals surface area contributed by atoms with Crippen molar-refractivity contribution in [2.45, 2.75) is 51.3 Å². The van der Waals surface area contributed by atoms with E-state index in [1.807, 2.05) is 12.1 Å². The van der Waals surface area contributed by atoms with E-state index in [0.29, 0.717) is 6.04 Å². The maximum Gasteiger partial charge on any atom is 0.123 e. The molecule has 0 aliphatic rings. The fourth-order valence-electron chi connectivity index (χ4n) is 1.53. The van der Waals surface area contributed by atoms with E-state index >= 15 is 0 Å². The van der Waals surface area contributed by atoms with Gasteiger partial charge in [-0.05, 0) is 44.9 Å². The molecule has 0 saturated heterocycles. The van der Waals surface area contributed by atoms with Crippen LogP contribution >= 0.6 is 11.9 Å². The number of halogens is 1. The van der Waals surface area contributed by atoms with Gasteiger partial charge in [0.05, 0.1) is 0 Å². The van der Waals surface area contributed by atoms with Crippen LogP contribution < -0.4 is 4.72 Å². The predicted molar refractivity (Wildman–Crippen MR) is 74.5 cm³/mol. The Bertz CT molecular complexity index is 329. The van der Waals surface area contributed by atoms with Crippen LogP contribution in [0.15, 0.2) is 24.3 Å². The predicted octanol–water partition coefficient (Wildman–Crippen LogP) is 4.70. The Morgan fingerprint density at radius 3 is 2.29 bits per heavy atom. The smallest absolute Gasteiger partial charge is 0.123 e. The number of rotatable bonds is 5. The summed E-state index contributed by atoms with van der Waals surface area (Å²) in [6.07, 6.45) is 2.18. The molecule has 0 bridgehead atoms. The Morgan fingerprint density at radius 1 is 1.24 bits per heavy atom. The lowest BCUT2D eigenvalue weighted by Gasteiger charge is -2.24. The first kappa shape index (κ1) is 14.5. The van der Waals surface area contributed by atoms with Gasteiger partial charge >= 0.3 is 0 Å². The van der Waals surface area contributed by atoms with Crippen molar-refractivity contribution >= 4 is 11.9 Å². The second-order valence-corrected chi connectivity index (χ2v) is 6.89. The Balaban J connectivity index is 2.68. The summed E-state index contributed by atoms with van der Waals surface area (Å²) in [5.41, 5.74) is 1.16. The third-order valence-corrected chi connectivity index (χ3v) is 3.37. The number of benzene rings is 1. The quantitative estimate of drug-likeness (QED) is 0.765. The van der Waals surface area contributed by atoms with Crippen LogP contribution in [0, 0.1) is 5.82 Å². The van der Waals surface area contributed by atoms with E-state index in [1.54, 1.807) is 11.9 Å². The van der Waals surface area contributed by atoms with Gasteiger partial charge in [0, 0.05) is 10.8 Å². The summed E-state index contributed by atoms with van der Waals surface area (Å²) in [4.78, 5) is 0. The standard InChI is InChI=1S/C14H22FNS/c1-5-6-13(16-17-14(2,3)4)11-7-9-12(15)10-8-11/h7-10,13,16H,5-6H2,1-4H3. The van der Waals surface area contributed by atoms with Gasteiger partial charge in [-0.3, -0.25) is 4.72 Å². The zero-order chi connectivity index (χ0) is 12.9. The van der Waals surface area contributed by atoms with Crippen molar-refractivity contribution in [3.05, 3.63) is 35.6 Å². The molecule has 96 valence electrons. The first-order valence-corrected chi connectivity index (χ1v) is 6.93. The fraction of sp³-hybridized carbons (Fsp3) is 0.571. The van der Waals surface area contributed by atoms with Gasteiger partial charge in [-0.2, -0.15) is 0 Å². The minimum absolute atomic E-state index is 0.174. The fourth-order valence-corrected chi connectivity index (χ4v) is 2.28. The summed E-state index contributed by atoms with van der Waals surface area (Å²) in [6.45, 7) is 8.70. The van der Waals surface area contributed by atoms with E-state index in [4.69, 9.17) is 0 Å². The Morgan fingerprint density at radius 2 is 1.82 bits per heavy atom. The average Bonchev–Trinajstić information content (AvgIpc) is 2.24. The molecule has 1 N–H and O–H groups in total. The molecular formula is C14H22FNS. The molecule has 0 aliphatic heterocycles. The average molecular weight is 255 g/mol. The van der Waals surface area contributed by atoms with E-state index < -0.39 is 0 Å². The molecule has 0 radical (unpaired) electrons. The molecule has 0 spiro atoms. The third kappa shape index (κ3) is 5.55. The van der Waals surface area contributed by atoms with Gasteiger partial charge in [0.2, 0.25) is 0 Å². The van der Waals surface area contributed by atoms with Gasteiger partial charge < -0.3 is 0 Å². The van der Waals surface area contributed by atoms with Crippen molar-refractivity contribution in [1.82, 2.24) is 4.72 Å². The van der Waals surface area contributed by atoms with Gasteiger partial charge in [0.1, 0.15) is 5.82 Å². The zero-order valence-electron chi connectivity index (χ0n) is 11.1. The summed E-state index contributed by atoms with van der Waals surface area (Å²) < 4.78 is 16.6. The largest absolute Gasteiger partial charge is 0.256 e. The summed E-state index contributed by atoms with van der Waals surface area (Å²) >= 11 is 1.74. The Hall–Kier alpha value is -0.540. The minimum atomic E-state index is -0.174. The van der Waals surface area contributed by atoms with Gasteiger partial charge in [-0.25, -0.2) is 4.39 Å². The molecule has 0 heterocycles. The summed E-state index contributed by atoms with van der Waals surface area (Å²) in [5, 5.41) is 0. The van der Waals surface area contributed by atoms with Crippen LogP contribution in [0.3, 0.4) is 0 Å². The number of hydrogen-bond donors (Lipinski definition) is 1. The second-order valence-electron chi connectivity index (χ2n) is 5.23. The zero-order valence-corrected chi connectivity index (χ0v) is 11.9. The van der Waals surface area contributed by atoms with Crippen molar-refractivity contribution < 1.29 is 4.39 Å². The molecular weight excluding hydrogens is 233 g/mol. The normalized spacial score (nSPS) is 13.7. The van der Waals surface area contributed by atoms with Crippen LogP contribution in [0.1, 0.15) is 52.1 Å². The highest BCUT2D eigenvalue weighted by Gasteiger charge is 2.16. The van der Waals surface area contributed by atoms with Crippen molar-refractivity contribution in [3.8, 4) is 0 Å². The summed E-state index contributed by atoms with van der Waals surface area (Å²) in [5.74, 6) is -0.174. The molecule has 1 aromatic carbocycles. The molecule has 1 rings (SSSR count). The van der Waals surface area contributed by atoms with Crippen LogP contribution in [0.25, 0.3) is 0 Å². The van der Waals surface area contributed by atoms with E-state index in [0.717, 1.165) is 18.4 Å². The van der Waals surface area contributed by atoms with Crippen LogP contribution in [0.4, 0.5) is 4.39 Å². The Kier molecular flexibility index (Phi) is 5.47.